The first kappa shape index (κ1) is 15.0. The van der Waals surface area contributed by atoms with Crippen LogP contribution in [0.2, 0.25) is 0 Å². The average molecular weight is 239 g/mol. The van der Waals surface area contributed by atoms with Gasteiger partial charge in [-0.05, 0) is 31.7 Å². The van der Waals surface area contributed by atoms with Gasteiger partial charge in [0, 0.05) is 6.04 Å². The van der Waals surface area contributed by atoms with Gasteiger partial charge in [0.15, 0.2) is 0 Å². The molecule has 1 N–H and O–H groups in total. The Morgan fingerprint density at radius 2 is 1.53 bits per heavy atom. The second kappa shape index (κ2) is 9.94. The minimum atomic E-state index is 0.812. The van der Waals surface area contributed by atoms with Crippen LogP contribution in [0.25, 0.3) is 0 Å². The van der Waals surface area contributed by atoms with E-state index in [1.54, 1.807) is 0 Å². The van der Waals surface area contributed by atoms with Crippen LogP contribution in [0, 0.1) is 5.92 Å². The summed E-state index contributed by atoms with van der Waals surface area (Å²) >= 11 is 0. The molecule has 2 unspecified atom stereocenters. The molecule has 0 saturated heterocycles. The standard InChI is InChI=1S/C16H33N/c1-3-4-14-17-16-12-8-6-5-7-10-15(2)11-9-13-16/h15-17H,3-14H2,1-2H3. The van der Waals surface area contributed by atoms with Gasteiger partial charge in [-0.2, -0.15) is 0 Å². The highest BCUT2D eigenvalue weighted by molar-refractivity contribution is 4.69. The minimum absolute atomic E-state index is 0.812. The van der Waals surface area contributed by atoms with Gasteiger partial charge in [0.2, 0.25) is 0 Å². The zero-order valence-corrected chi connectivity index (χ0v) is 12.1. The molecule has 1 aliphatic carbocycles. The third-order valence-corrected chi connectivity index (χ3v) is 4.21. The van der Waals surface area contributed by atoms with Crippen molar-refractivity contribution in [1.82, 2.24) is 5.32 Å². The quantitative estimate of drug-likeness (QED) is 0.688. The Morgan fingerprint density at radius 1 is 0.882 bits per heavy atom. The van der Waals surface area contributed by atoms with E-state index in [-0.39, 0.29) is 0 Å². The molecule has 1 heteroatoms. The lowest BCUT2D eigenvalue weighted by Gasteiger charge is -2.19. The van der Waals surface area contributed by atoms with Crippen LogP contribution in [0.3, 0.4) is 0 Å². The predicted molar refractivity (Wildman–Crippen MR) is 77.4 cm³/mol. The van der Waals surface area contributed by atoms with E-state index in [2.05, 4.69) is 19.2 Å². The summed E-state index contributed by atoms with van der Waals surface area (Å²) < 4.78 is 0. The highest BCUT2D eigenvalue weighted by atomic mass is 14.9. The van der Waals surface area contributed by atoms with E-state index in [1.807, 2.05) is 0 Å². The fraction of sp³-hybridized carbons (Fsp3) is 1.00. The minimum Gasteiger partial charge on any atom is -0.314 e. The van der Waals surface area contributed by atoms with Gasteiger partial charge in [-0.25, -0.2) is 0 Å². The number of nitrogens with one attached hydrogen (secondary N) is 1. The first-order chi connectivity index (χ1) is 8.33. The third kappa shape index (κ3) is 7.81. The van der Waals surface area contributed by atoms with Gasteiger partial charge in [-0.15, -0.1) is 0 Å². The Morgan fingerprint density at radius 3 is 2.29 bits per heavy atom. The maximum atomic E-state index is 3.77. The summed E-state index contributed by atoms with van der Waals surface area (Å²) in [5, 5.41) is 3.77. The van der Waals surface area contributed by atoms with Gasteiger partial charge in [-0.3, -0.25) is 0 Å². The summed E-state index contributed by atoms with van der Waals surface area (Å²) in [6, 6.07) is 0.812. The van der Waals surface area contributed by atoms with Crippen molar-refractivity contribution in [2.45, 2.75) is 90.5 Å². The Kier molecular flexibility index (Phi) is 8.78. The van der Waals surface area contributed by atoms with E-state index in [0.29, 0.717) is 0 Å². The second-order valence-electron chi connectivity index (χ2n) is 6.03. The van der Waals surface area contributed by atoms with Gasteiger partial charge in [0.05, 0.1) is 0 Å². The fourth-order valence-corrected chi connectivity index (χ4v) is 2.93. The van der Waals surface area contributed by atoms with Crippen LogP contribution in [-0.2, 0) is 0 Å². The molecule has 1 rings (SSSR count). The molecule has 0 amide bonds. The Labute approximate surface area is 109 Å². The Hall–Kier alpha value is -0.0400. The molecule has 1 fully saturated rings. The molecule has 0 spiro atoms. The summed E-state index contributed by atoms with van der Waals surface area (Å²) in [6.07, 6.45) is 15.7. The summed E-state index contributed by atoms with van der Waals surface area (Å²) in [5.74, 6) is 0.962. The molecular formula is C16H33N. The van der Waals surface area contributed by atoms with Crippen LogP contribution in [0.4, 0.5) is 0 Å². The van der Waals surface area contributed by atoms with Gasteiger partial charge in [-0.1, -0.05) is 65.2 Å². The van der Waals surface area contributed by atoms with Crippen molar-refractivity contribution in [1.29, 1.82) is 0 Å². The topological polar surface area (TPSA) is 12.0 Å². The molecular weight excluding hydrogens is 206 g/mol. The zero-order valence-electron chi connectivity index (χ0n) is 12.1. The van der Waals surface area contributed by atoms with Crippen molar-refractivity contribution in [3.05, 3.63) is 0 Å². The molecule has 0 radical (unpaired) electrons. The lowest BCUT2D eigenvalue weighted by atomic mass is 9.97. The third-order valence-electron chi connectivity index (χ3n) is 4.21. The maximum Gasteiger partial charge on any atom is 0.00670 e. The van der Waals surface area contributed by atoms with E-state index >= 15 is 0 Å². The number of rotatable bonds is 4. The first-order valence-electron chi connectivity index (χ1n) is 8.06. The molecule has 0 bridgehead atoms. The Bertz CT molecular complexity index is 167. The zero-order chi connectivity index (χ0) is 12.3. The van der Waals surface area contributed by atoms with Crippen LogP contribution in [-0.4, -0.2) is 12.6 Å². The van der Waals surface area contributed by atoms with Crippen molar-refractivity contribution >= 4 is 0 Å². The fourth-order valence-electron chi connectivity index (χ4n) is 2.93. The molecule has 0 aromatic carbocycles. The van der Waals surface area contributed by atoms with Crippen LogP contribution < -0.4 is 5.32 Å². The van der Waals surface area contributed by atoms with Gasteiger partial charge in [0.25, 0.3) is 0 Å². The molecule has 1 aliphatic rings. The average Bonchev–Trinajstić information content (AvgIpc) is 2.36. The lowest BCUT2D eigenvalue weighted by molar-refractivity contribution is 0.400. The van der Waals surface area contributed by atoms with E-state index in [1.165, 1.54) is 77.2 Å². The number of hydrogen-bond donors (Lipinski definition) is 1. The molecule has 2 atom stereocenters. The van der Waals surface area contributed by atoms with Gasteiger partial charge >= 0.3 is 0 Å². The van der Waals surface area contributed by atoms with Crippen LogP contribution in [0.5, 0.6) is 0 Å². The SMILES string of the molecule is CCCCNC1CCCCCCC(C)CCC1. The molecule has 1 nitrogen and oxygen atoms in total. The van der Waals surface area contributed by atoms with Crippen LogP contribution in [0.1, 0.15) is 84.5 Å². The lowest BCUT2D eigenvalue weighted by Crippen LogP contribution is -2.30. The molecule has 1 saturated carbocycles. The van der Waals surface area contributed by atoms with Crippen LogP contribution >= 0.6 is 0 Å². The van der Waals surface area contributed by atoms with Crippen molar-refractivity contribution in [2.24, 2.45) is 5.92 Å². The Balaban J connectivity index is 2.24. The number of unbranched alkanes of at least 4 members (excludes halogenated alkanes) is 1. The molecule has 17 heavy (non-hydrogen) atoms. The van der Waals surface area contributed by atoms with E-state index < -0.39 is 0 Å². The highest BCUT2D eigenvalue weighted by Gasteiger charge is 2.10. The van der Waals surface area contributed by atoms with E-state index in [4.69, 9.17) is 0 Å². The van der Waals surface area contributed by atoms with Gasteiger partial charge < -0.3 is 5.32 Å². The van der Waals surface area contributed by atoms with E-state index in [9.17, 15) is 0 Å². The van der Waals surface area contributed by atoms with Crippen molar-refractivity contribution in [3.63, 3.8) is 0 Å². The molecule has 0 heterocycles. The second-order valence-corrected chi connectivity index (χ2v) is 6.03. The predicted octanol–water partition coefficient (Wildman–Crippen LogP) is 4.91. The molecule has 0 aromatic heterocycles. The molecule has 102 valence electrons. The van der Waals surface area contributed by atoms with Crippen LogP contribution in [0.15, 0.2) is 0 Å². The first-order valence-corrected chi connectivity index (χ1v) is 8.06. The normalized spacial score (nSPS) is 28.6. The molecule has 0 aromatic rings. The van der Waals surface area contributed by atoms with E-state index in [0.717, 1.165) is 12.0 Å². The maximum absolute atomic E-state index is 3.77. The summed E-state index contributed by atoms with van der Waals surface area (Å²) in [6.45, 7) is 5.95. The van der Waals surface area contributed by atoms with Crippen molar-refractivity contribution in [2.75, 3.05) is 6.54 Å². The summed E-state index contributed by atoms with van der Waals surface area (Å²) in [4.78, 5) is 0. The monoisotopic (exact) mass is 239 g/mol. The smallest absolute Gasteiger partial charge is 0.00670 e. The largest absolute Gasteiger partial charge is 0.314 e. The van der Waals surface area contributed by atoms with Crippen molar-refractivity contribution in [3.8, 4) is 0 Å². The highest BCUT2D eigenvalue weighted by Crippen LogP contribution is 2.20. The summed E-state index contributed by atoms with van der Waals surface area (Å²) in [7, 11) is 0. The molecule has 0 aliphatic heterocycles. The number of hydrogen-bond acceptors (Lipinski definition) is 1. The summed E-state index contributed by atoms with van der Waals surface area (Å²) in [5.41, 5.74) is 0. The van der Waals surface area contributed by atoms with Crippen molar-refractivity contribution < 1.29 is 0 Å². The van der Waals surface area contributed by atoms with Gasteiger partial charge in [0.1, 0.15) is 0 Å².